The lowest BCUT2D eigenvalue weighted by molar-refractivity contribution is -0.00121. The number of nitrogens with one attached hydrogen (secondary N) is 1. The average molecular weight is 196 g/mol. The molecule has 0 aromatic rings. The van der Waals surface area contributed by atoms with Gasteiger partial charge in [-0.1, -0.05) is 12.8 Å². The van der Waals surface area contributed by atoms with Crippen molar-refractivity contribution in [2.24, 2.45) is 11.8 Å². The molecule has 3 fully saturated rings. The first-order valence-corrected chi connectivity index (χ1v) is 6.02. The maximum absolute atomic E-state index is 5.34. The van der Waals surface area contributed by atoms with E-state index < -0.39 is 0 Å². The minimum Gasteiger partial charge on any atom is -0.379 e. The molecule has 2 saturated carbocycles. The van der Waals surface area contributed by atoms with E-state index in [1.54, 1.807) is 0 Å². The van der Waals surface area contributed by atoms with Gasteiger partial charge in [-0.2, -0.15) is 0 Å². The molecule has 1 saturated heterocycles. The SMILES string of the molecule is C1CC(NN2CCOCC2)[C@@H]2C[C@@H]2C1. The molecule has 0 spiro atoms. The van der Waals surface area contributed by atoms with Gasteiger partial charge in [0.25, 0.3) is 0 Å². The molecular formula is C11H20N2O. The molecule has 1 aliphatic heterocycles. The summed E-state index contributed by atoms with van der Waals surface area (Å²) in [5, 5.41) is 2.37. The summed E-state index contributed by atoms with van der Waals surface area (Å²) >= 11 is 0. The monoisotopic (exact) mass is 196 g/mol. The van der Waals surface area contributed by atoms with Crippen LogP contribution in [0.25, 0.3) is 0 Å². The predicted octanol–water partition coefficient (Wildman–Crippen LogP) is 1.01. The average Bonchev–Trinajstić information content (AvgIpc) is 2.99. The van der Waals surface area contributed by atoms with Gasteiger partial charge in [0, 0.05) is 19.1 Å². The van der Waals surface area contributed by atoms with E-state index in [0.29, 0.717) is 0 Å². The summed E-state index contributed by atoms with van der Waals surface area (Å²) in [6.45, 7) is 3.92. The van der Waals surface area contributed by atoms with Crippen molar-refractivity contribution in [3.8, 4) is 0 Å². The topological polar surface area (TPSA) is 24.5 Å². The molecule has 0 aromatic heterocycles. The Bertz CT molecular complexity index is 203. The Morgan fingerprint density at radius 3 is 2.86 bits per heavy atom. The van der Waals surface area contributed by atoms with Crippen molar-refractivity contribution in [1.82, 2.24) is 10.4 Å². The second kappa shape index (κ2) is 3.80. The highest BCUT2D eigenvalue weighted by Gasteiger charge is 2.45. The van der Waals surface area contributed by atoms with E-state index >= 15 is 0 Å². The van der Waals surface area contributed by atoms with Gasteiger partial charge < -0.3 is 4.74 Å². The van der Waals surface area contributed by atoms with Crippen LogP contribution in [0.5, 0.6) is 0 Å². The first kappa shape index (κ1) is 9.13. The van der Waals surface area contributed by atoms with Gasteiger partial charge in [-0.3, -0.25) is 5.43 Å². The molecule has 3 heteroatoms. The molecule has 3 rings (SSSR count). The van der Waals surface area contributed by atoms with Crippen LogP contribution in [0.15, 0.2) is 0 Å². The summed E-state index contributed by atoms with van der Waals surface area (Å²) in [7, 11) is 0. The quantitative estimate of drug-likeness (QED) is 0.713. The molecule has 3 aliphatic rings. The fourth-order valence-electron chi connectivity index (χ4n) is 3.00. The highest BCUT2D eigenvalue weighted by Crippen LogP contribution is 2.49. The Hall–Kier alpha value is -0.120. The highest BCUT2D eigenvalue weighted by atomic mass is 16.5. The molecule has 1 unspecified atom stereocenters. The van der Waals surface area contributed by atoms with E-state index in [4.69, 9.17) is 4.74 Å². The molecule has 3 atom stereocenters. The second-order valence-corrected chi connectivity index (χ2v) is 4.93. The Kier molecular flexibility index (Phi) is 2.48. The van der Waals surface area contributed by atoms with Gasteiger partial charge in [-0.25, -0.2) is 5.01 Å². The van der Waals surface area contributed by atoms with Crippen LogP contribution in [0.3, 0.4) is 0 Å². The van der Waals surface area contributed by atoms with Gasteiger partial charge in [0.1, 0.15) is 0 Å². The lowest BCUT2D eigenvalue weighted by Crippen LogP contribution is -2.51. The number of fused-ring (bicyclic) bond motifs is 1. The lowest BCUT2D eigenvalue weighted by Gasteiger charge is -2.33. The number of morpholine rings is 1. The zero-order valence-corrected chi connectivity index (χ0v) is 8.74. The summed E-state index contributed by atoms with van der Waals surface area (Å²) in [5.41, 5.74) is 3.70. The molecule has 3 nitrogen and oxygen atoms in total. The third-order valence-electron chi connectivity index (χ3n) is 3.94. The summed E-state index contributed by atoms with van der Waals surface area (Å²) < 4.78 is 5.34. The van der Waals surface area contributed by atoms with E-state index in [0.717, 1.165) is 44.2 Å². The fourth-order valence-corrected chi connectivity index (χ4v) is 3.00. The lowest BCUT2D eigenvalue weighted by atomic mass is 9.96. The van der Waals surface area contributed by atoms with Crippen molar-refractivity contribution >= 4 is 0 Å². The molecular weight excluding hydrogens is 176 g/mol. The third-order valence-corrected chi connectivity index (χ3v) is 3.94. The molecule has 0 amide bonds. The Morgan fingerprint density at radius 1 is 1.14 bits per heavy atom. The van der Waals surface area contributed by atoms with Crippen molar-refractivity contribution in [3.63, 3.8) is 0 Å². The van der Waals surface area contributed by atoms with Crippen molar-refractivity contribution in [2.75, 3.05) is 26.3 Å². The number of hydrogen-bond acceptors (Lipinski definition) is 3. The van der Waals surface area contributed by atoms with Crippen LogP contribution in [0.2, 0.25) is 0 Å². The van der Waals surface area contributed by atoms with Gasteiger partial charge in [-0.05, 0) is 24.7 Å². The van der Waals surface area contributed by atoms with Crippen LogP contribution in [-0.2, 0) is 4.74 Å². The van der Waals surface area contributed by atoms with E-state index in [1.165, 1.54) is 25.7 Å². The third kappa shape index (κ3) is 1.81. The zero-order chi connectivity index (χ0) is 9.38. The summed E-state index contributed by atoms with van der Waals surface area (Å²) in [6, 6.07) is 0.784. The van der Waals surface area contributed by atoms with Crippen molar-refractivity contribution < 1.29 is 4.74 Å². The van der Waals surface area contributed by atoms with Crippen LogP contribution < -0.4 is 5.43 Å². The number of ether oxygens (including phenoxy) is 1. The highest BCUT2D eigenvalue weighted by molar-refractivity contribution is 4.97. The van der Waals surface area contributed by atoms with Gasteiger partial charge >= 0.3 is 0 Å². The van der Waals surface area contributed by atoms with Crippen LogP contribution in [0.4, 0.5) is 0 Å². The number of hydrogen-bond donors (Lipinski definition) is 1. The molecule has 1 N–H and O–H groups in total. The van der Waals surface area contributed by atoms with Crippen LogP contribution in [-0.4, -0.2) is 37.4 Å². The number of hydrazine groups is 1. The van der Waals surface area contributed by atoms with E-state index in [9.17, 15) is 0 Å². The van der Waals surface area contributed by atoms with E-state index in [2.05, 4.69) is 10.4 Å². The minimum atomic E-state index is 0.784. The maximum Gasteiger partial charge on any atom is 0.0608 e. The fraction of sp³-hybridized carbons (Fsp3) is 1.00. The summed E-state index contributed by atoms with van der Waals surface area (Å²) in [4.78, 5) is 0. The van der Waals surface area contributed by atoms with Crippen LogP contribution in [0, 0.1) is 11.8 Å². The maximum atomic E-state index is 5.34. The zero-order valence-electron chi connectivity index (χ0n) is 8.74. The van der Waals surface area contributed by atoms with E-state index in [-0.39, 0.29) is 0 Å². The number of rotatable bonds is 2. The molecule has 2 aliphatic carbocycles. The van der Waals surface area contributed by atoms with Crippen LogP contribution in [0.1, 0.15) is 25.7 Å². The molecule has 14 heavy (non-hydrogen) atoms. The molecule has 0 radical (unpaired) electrons. The standard InChI is InChI=1S/C11H20N2O/c1-2-9-8-10(9)11(3-1)12-13-4-6-14-7-5-13/h9-12H,1-8H2/t9-,10+,11?/m0/s1. The van der Waals surface area contributed by atoms with Gasteiger partial charge in [-0.15, -0.1) is 0 Å². The van der Waals surface area contributed by atoms with Crippen molar-refractivity contribution in [2.45, 2.75) is 31.7 Å². The Labute approximate surface area is 85.8 Å². The molecule has 0 aromatic carbocycles. The van der Waals surface area contributed by atoms with Crippen LogP contribution >= 0.6 is 0 Å². The normalized spacial score (nSPS) is 43.3. The Morgan fingerprint density at radius 2 is 2.00 bits per heavy atom. The summed E-state index contributed by atoms with van der Waals surface area (Å²) in [6.07, 6.45) is 5.80. The van der Waals surface area contributed by atoms with Gasteiger partial charge in [0.15, 0.2) is 0 Å². The number of nitrogens with zero attached hydrogens (tertiary/aromatic N) is 1. The second-order valence-electron chi connectivity index (χ2n) is 4.93. The first-order chi connectivity index (χ1) is 6.93. The molecule has 1 heterocycles. The molecule has 0 bridgehead atoms. The van der Waals surface area contributed by atoms with Crippen molar-refractivity contribution in [1.29, 1.82) is 0 Å². The first-order valence-electron chi connectivity index (χ1n) is 6.02. The summed E-state index contributed by atoms with van der Waals surface area (Å²) in [5.74, 6) is 2.08. The smallest absolute Gasteiger partial charge is 0.0608 e. The van der Waals surface area contributed by atoms with Gasteiger partial charge in [0.05, 0.1) is 13.2 Å². The van der Waals surface area contributed by atoms with Crippen molar-refractivity contribution in [3.05, 3.63) is 0 Å². The largest absolute Gasteiger partial charge is 0.379 e. The van der Waals surface area contributed by atoms with Gasteiger partial charge in [0.2, 0.25) is 0 Å². The molecule has 80 valence electrons. The minimum absolute atomic E-state index is 0.784. The van der Waals surface area contributed by atoms with E-state index in [1.807, 2.05) is 0 Å². The Balaban J connectivity index is 1.50. The predicted molar refractivity (Wildman–Crippen MR) is 54.8 cm³/mol.